The maximum Gasteiger partial charge on any atom is 0.330 e. The molecule has 0 aromatic carbocycles. The summed E-state index contributed by atoms with van der Waals surface area (Å²) < 4.78 is 102. The molecule has 0 saturated carbocycles. The number of alkyl halides is 7. The van der Waals surface area contributed by atoms with Gasteiger partial charge >= 0.3 is 11.4 Å². The van der Waals surface area contributed by atoms with Crippen molar-refractivity contribution in [3.05, 3.63) is 78.5 Å². The Morgan fingerprint density at radius 2 is 1.14 bits per heavy atom. The van der Waals surface area contributed by atoms with Gasteiger partial charge in [-0.05, 0) is 26.8 Å². The van der Waals surface area contributed by atoms with E-state index in [0.717, 1.165) is 47.8 Å². The molecular formula is C33H40F6IN5O12. The normalized spacial score (nSPS) is 40.1. The van der Waals surface area contributed by atoms with E-state index < -0.39 is 113 Å². The quantitative estimate of drug-likeness (QED) is 0.118. The zero-order chi connectivity index (χ0) is 43.3. The van der Waals surface area contributed by atoms with Gasteiger partial charge in [0.1, 0.15) is 13.2 Å². The van der Waals surface area contributed by atoms with Crippen molar-refractivity contribution >= 4 is 34.3 Å². The Bertz CT molecular complexity index is 2010. The van der Waals surface area contributed by atoms with Gasteiger partial charge in [0.2, 0.25) is 17.6 Å². The van der Waals surface area contributed by atoms with Crippen LogP contribution in [-0.4, -0.2) is 116 Å². The molecule has 0 spiro atoms. The zero-order valence-corrected chi connectivity index (χ0v) is 32.9. The molecular weight excluding hydrogens is 899 g/mol. The van der Waals surface area contributed by atoms with Gasteiger partial charge < -0.3 is 29.5 Å². The summed E-state index contributed by atoms with van der Waals surface area (Å²) in [5.74, 6) is -11.0. The summed E-state index contributed by atoms with van der Waals surface area (Å²) >= 11 is 1.79. The lowest BCUT2D eigenvalue weighted by molar-refractivity contribution is -0.207. The molecule has 0 aliphatic carbocycles. The first-order chi connectivity index (χ1) is 26.2. The fourth-order valence-corrected chi connectivity index (χ4v) is 7.25. The monoisotopic (exact) mass is 939 g/mol. The number of aromatic amines is 2. The first-order valence-corrected chi connectivity index (χ1v) is 18.5. The lowest BCUT2D eigenvalue weighted by Gasteiger charge is -2.33. The summed E-state index contributed by atoms with van der Waals surface area (Å²) in [6.45, 7) is 3.49. The number of hydrogen-bond acceptors (Lipinski definition) is 12. The largest absolute Gasteiger partial charge is 0.390 e. The maximum atomic E-state index is 14.7. The van der Waals surface area contributed by atoms with Gasteiger partial charge in [-0.25, -0.2) is 35.9 Å². The second kappa shape index (κ2) is 16.2. The summed E-state index contributed by atoms with van der Waals surface area (Å²) in [7, 11) is 0. The highest BCUT2D eigenvalue weighted by molar-refractivity contribution is 14.1. The Morgan fingerprint density at radius 3 is 1.53 bits per heavy atom. The topological polar surface area (TPSA) is 235 Å². The molecule has 5 N–H and O–H groups in total. The van der Waals surface area contributed by atoms with E-state index >= 15 is 0 Å². The molecule has 2 aromatic rings. The van der Waals surface area contributed by atoms with Crippen LogP contribution >= 0.6 is 22.6 Å². The summed E-state index contributed by atoms with van der Waals surface area (Å²) in [4.78, 5) is 72.6. The van der Waals surface area contributed by atoms with Crippen molar-refractivity contribution < 1.29 is 65.5 Å². The van der Waals surface area contributed by atoms with E-state index in [2.05, 4.69) is 4.74 Å². The van der Waals surface area contributed by atoms with Crippen LogP contribution in [0.15, 0.2) is 56.0 Å². The van der Waals surface area contributed by atoms with Crippen molar-refractivity contribution in [2.24, 2.45) is 11.8 Å². The molecule has 318 valence electrons. The Balaban J connectivity index is 0.000000189. The first kappa shape index (κ1) is 46.0. The van der Waals surface area contributed by atoms with Crippen molar-refractivity contribution in [1.29, 1.82) is 0 Å². The zero-order valence-electron chi connectivity index (χ0n) is 30.8. The SMILES string of the molecule is C[C@H]1[C@@](C)(F)[C@H](N2C=CC(=O)CC2=O)O[C@]1(F)CI.C[C@H]1[C@@](C)(F)[C@H](n2ccc(=O)[nH]c2=O)O[C@]1(F)CO.C[C@]1(F)[C@H](n2ccc(=O)[nH]c2=O)O[C@](F)(CO)[C@H]1O. The molecule has 2 aromatic heterocycles. The number of hydrogen-bond donors (Lipinski definition) is 5. The fraction of sp³-hybridized carbons (Fsp3) is 0.636. The molecule has 6 heterocycles. The number of aliphatic hydroxyl groups is 3. The highest BCUT2D eigenvalue weighted by Crippen LogP contribution is 2.51. The fourth-order valence-electron chi connectivity index (χ4n) is 6.41. The number of amides is 1. The minimum absolute atomic E-state index is 0.0351. The molecule has 0 unspecified atom stereocenters. The Labute approximate surface area is 331 Å². The van der Waals surface area contributed by atoms with Crippen LogP contribution in [0.3, 0.4) is 0 Å². The molecule has 0 bridgehead atoms. The number of nitrogens with zero attached hydrogens (tertiary/aromatic N) is 3. The van der Waals surface area contributed by atoms with Crippen molar-refractivity contribution in [3.8, 4) is 0 Å². The van der Waals surface area contributed by atoms with Gasteiger partial charge in [0.25, 0.3) is 17.0 Å². The highest BCUT2D eigenvalue weighted by Gasteiger charge is 2.65. The molecule has 6 rings (SSSR count). The smallest absolute Gasteiger partial charge is 0.330 e. The summed E-state index contributed by atoms with van der Waals surface area (Å²) in [6, 6.07) is 1.92. The van der Waals surface area contributed by atoms with Crippen molar-refractivity contribution in [2.45, 2.75) is 100 Å². The number of carbonyl (C=O) groups is 2. The summed E-state index contributed by atoms with van der Waals surface area (Å²) in [5.41, 5.74) is -10.2. The molecule has 1 amide bonds. The van der Waals surface area contributed by atoms with E-state index in [9.17, 15) is 60.2 Å². The molecule has 4 aliphatic rings. The van der Waals surface area contributed by atoms with E-state index in [1.165, 1.54) is 33.0 Å². The van der Waals surface area contributed by atoms with Gasteiger partial charge in [0.05, 0.1) is 22.7 Å². The number of H-pyrrole nitrogens is 2. The number of rotatable bonds is 6. The molecule has 0 radical (unpaired) electrons. The van der Waals surface area contributed by atoms with Crippen LogP contribution in [0.4, 0.5) is 26.3 Å². The van der Waals surface area contributed by atoms with Gasteiger partial charge in [-0.3, -0.25) is 43.2 Å². The molecule has 3 saturated heterocycles. The molecule has 17 nitrogen and oxygen atoms in total. The third kappa shape index (κ3) is 8.43. The van der Waals surface area contributed by atoms with Crippen molar-refractivity contribution in [2.75, 3.05) is 17.6 Å². The van der Waals surface area contributed by atoms with Crippen molar-refractivity contribution in [1.82, 2.24) is 24.0 Å². The van der Waals surface area contributed by atoms with E-state index in [-0.39, 0.29) is 16.6 Å². The summed E-state index contributed by atoms with van der Waals surface area (Å²) in [6.07, 6.45) is -3.07. The average molecular weight is 940 g/mol. The first-order valence-electron chi connectivity index (χ1n) is 16.9. The van der Waals surface area contributed by atoms with E-state index in [4.69, 9.17) is 19.7 Å². The minimum Gasteiger partial charge on any atom is -0.390 e. The number of carbonyl (C=O) groups excluding carboxylic acids is 2. The third-order valence-electron chi connectivity index (χ3n) is 10.4. The predicted molar refractivity (Wildman–Crippen MR) is 191 cm³/mol. The van der Waals surface area contributed by atoms with Gasteiger partial charge in [0, 0.05) is 30.7 Å². The van der Waals surface area contributed by atoms with Crippen LogP contribution < -0.4 is 22.5 Å². The van der Waals surface area contributed by atoms with Crippen LogP contribution in [0.2, 0.25) is 0 Å². The Morgan fingerprint density at radius 1 is 0.719 bits per heavy atom. The minimum atomic E-state index is -3.02. The molecule has 12 atom stereocenters. The number of allylic oxidation sites excluding steroid dienone is 1. The van der Waals surface area contributed by atoms with Gasteiger partial charge in [0.15, 0.2) is 47.6 Å². The molecule has 57 heavy (non-hydrogen) atoms. The number of aliphatic hydroxyl groups excluding tert-OH is 3. The van der Waals surface area contributed by atoms with Gasteiger partial charge in [-0.1, -0.05) is 36.4 Å². The highest BCUT2D eigenvalue weighted by atomic mass is 127. The van der Waals surface area contributed by atoms with Crippen LogP contribution in [-0.2, 0) is 23.8 Å². The number of halogens is 7. The lowest BCUT2D eigenvalue weighted by atomic mass is 9.88. The standard InChI is InChI=1S/C12H14F2INO3.C11H14F2N2O4.C10H12F2N2O5/c1-7-11(2,13)10(19-12(7,14)6-15)16-4-3-8(17)5-9(16)18;1-6-10(2,12)8(19-11(6,13)5-16)15-4-3-7(17)14-9(15)18;1-9(11)6(17)10(12,4-15)19-7(9)14-3-2-5(16)13-8(14)18/h3-4,7,10H,5-6H2,1-2H3;3-4,6,8,16H,5H2,1-2H3,(H,14,17,18);2-3,6-7,15,17H,4H2,1H3,(H,13,16,18)/t7-,10+,11+,12+;6-,8+,10+,11+;6-,7+,9+,10+/m000/s1. The second-order valence-corrected chi connectivity index (χ2v) is 15.1. The maximum absolute atomic E-state index is 14.7. The van der Waals surface area contributed by atoms with Crippen LogP contribution in [0.25, 0.3) is 0 Å². The van der Waals surface area contributed by atoms with Crippen LogP contribution in [0.5, 0.6) is 0 Å². The number of ether oxygens (including phenoxy) is 3. The van der Waals surface area contributed by atoms with E-state index in [1.54, 1.807) is 22.6 Å². The summed E-state index contributed by atoms with van der Waals surface area (Å²) in [5, 5.41) is 27.4. The van der Waals surface area contributed by atoms with E-state index in [1.807, 2.05) is 9.97 Å². The van der Waals surface area contributed by atoms with Crippen LogP contribution in [0, 0.1) is 11.8 Å². The van der Waals surface area contributed by atoms with Crippen molar-refractivity contribution in [3.63, 3.8) is 0 Å². The third-order valence-corrected chi connectivity index (χ3v) is 11.4. The molecule has 24 heteroatoms. The molecule has 4 aliphatic heterocycles. The van der Waals surface area contributed by atoms with Gasteiger partial charge in [-0.2, -0.15) is 0 Å². The van der Waals surface area contributed by atoms with E-state index in [0.29, 0.717) is 4.57 Å². The Kier molecular flexibility index (Phi) is 13.0. The predicted octanol–water partition coefficient (Wildman–Crippen LogP) is 1.02. The molecule has 3 fully saturated rings. The van der Waals surface area contributed by atoms with Gasteiger partial charge in [-0.15, -0.1) is 0 Å². The number of aromatic nitrogens is 4. The average Bonchev–Trinajstić information content (AvgIpc) is 3.53. The Hall–Kier alpha value is -3.69. The number of ketones is 1. The second-order valence-electron chi connectivity index (χ2n) is 14.3. The van der Waals surface area contributed by atoms with Crippen LogP contribution in [0.1, 0.15) is 53.5 Å². The lowest BCUT2D eigenvalue weighted by Crippen LogP contribution is -2.49. The number of nitrogens with one attached hydrogen (secondary N) is 2.